The lowest BCUT2D eigenvalue weighted by molar-refractivity contribution is -0.124. The number of allylic oxidation sites excluding steroid dienone is 1. The second-order valence-corrected chi connectivity index (χ2v) is 6.99. The van der Waals surface area contributed by atoms with Gasteiger partial charge >= 0.3 is 0 Å². The Bertz CT molecular complexity index is 804. The number of anilines is 1. The van der Waals surface area contributed by atoms with Crippen LogP contribution in [-0.2, 0) is 9.59 Å². The third-order valence-corrected chi connectivity index (χ3v) is 4.42. The molecule has 0 aliphatic rings. The highest BCUT2D eigenvalue weighted by atomic mass is 127. The molecule has 26 heavy (non-hydrogen) atoms. The Kier molecular flexibility index (Phi) is 7.65. The number of hydrazine groups is 1. The summed E-state index contributed by atoms with van der Waals surface area (Å²) in [6, 6.07) is 15.5. The van der Waals surface area contributed by atoms with Crippen molar-refractivity contribution in [2.24, 2.45) is 0 Å². The highest BCUT2D eigenvalue weighted by Crippen LogP contribution is 2.18. The molecule has 0 saturated heterocycles. The summed E-state index contributed by atoms with van der Waals surface area (Å²) >= 11 is 2.23. The Balaban J connectivity index is 1.78. The van der Waals surface area contributed by atoms with Crippen LogP contribution in [0.1, 0.15) is 30.9 Å². The minimum absolute atomic E-state index is 0.105. The van der Waals surface area contributed by atoms with Crippen molar-refractivity contribution in [2.45, 2.75) is 26.7 Å². The lowest BCUT2D eigenvalue weighted by Gasteiger charge is -2.12. The number of benzene rings is 2. The molecule has 0 bridgehead atoms. The average Bonchev–Trinajstić information content (AvgIpc) is 2.64. The van der Waals surface area contributed by atoms with E-state index in [1.54, 1.807) is 0 Å². The van der Waals surface area contributed by atoms with Gasteiger partial charge in [-0.3, -0.25) is 20.4 Å². The van der Waals surface area contributed by atoms with Gasteiger partial charge < -0.3 is 5.32 Å². The van der Waals surface area contributed by atoms with E-state index in [2.05, 4.69) is 38.8 Å². The van der Waals surface area contributed by atoms with Crippen molar-refractivity contribution in [2.75, 3.05) is 5.32 Å². The Morgan fingerprint density at radius 3 is 2.35 bits per heavy atom. The zero-order valence-electron chi connectivity index (χ0n) is 14.8. The molecule has 2 rings (SSSR count). The number of halogens is 1. The first kappa shape index (κ1) is 20.0. The fourth-order valence-electron chi connectivity index (χ4n) is 2.34. The van der Waals surface area contributed by atoms with Crippen LogP contribution in [0.25, 0.3) is 5.70 Å². The largest absolute Gasteiger partial charge is 0.326 e. The molecular formula is C20H22IN3O2. The normalized spacial score (nSPS) is 11.0. The number of rotatable bonds is 7. The van der Waals surface area contributed by atoms with Gasteiger partial charge in [0.25, 0.3) is 0 Å². The molecule has 2 aromatic carbocycles. The lowest BCUT2D eigenvalue weighted by atomic mass is 10.1. The van der Waals surface area contributed by atoms with E-state index in [0.29, 0.717) is 0 Å². The van der Waals surface area contributed by atoms with Crippen molar-refractivity contribution in [3.63, 3.8) is 0 Å². The molecule has 0 aliphatic heterocycles. The summed E-state index contributed by atoms with van der Waals surface area (Å²) in [5.41, 5.74) is 9.08. The van der Waals surface area contributed by atoms with Crippen LogP contribution < -0.4 is 16.2 Å². The Hall–Kier alpha value is -2.35. The van der Waals surface area contributed by atoms with E-state index < -0.39 is 0 Å². The molecule has 0 radical (unpaired) electrons. The molecule has 6 heteroatoms. The summed E-state index contributed by atoms with van der Waals surface area (Å²) in [6.45, 7) is 3.83. The smallest absolute Gasteiger partial charge is 0.238 e. The number of nitrogens with one attached hydrogen (secondary N) is 3. The molecule has 0 spiro atoms. The van der Waals surface area contributed by atoms with Crippen LogP contribution >= 0.6 is 22.6 Å². The van der Waals surface area contributed by atoms with Crippen molar-refractivity contribution < 1.29 is 9.59 Å². The van der Waals surface area contributed by atoms with Gasteiger partial charge in [0, 0.05) is 22.1 Å². The number of hydrogen-bond acceptors (Lipinski definition) is 3. The molecule has 0 aliphatic carbocycles. The Labute approximate surface area is 167 Å². The van der Waals surface area contributed by atoms with Crippen molar-refractivity contribution in [3.05, 3.63) is 69.3 Å². The van der Waals surface area contributed by atoms with Crippen LogP contribution in [0.5, 0.6) is 0 Å². The molecule has 2 aromatic rings. The SMILES string of the molecule is C/C=C(\NNC(=O)CCC(=O)Nc1ccc(I)cc1C)c1ccccc1. The summed E-state index contributed by atoms with van der Waals surface area (Å²) in [5.74, 6) is -0.423. The standard InChI is InChI=1S/C20H22IN3O2/c1-3-17(15-7-5-4-6-8-15)23-24-20(26)12-11-19(25)22-18-10-9-16(21)13-14(18)2/h3-10,13,23H,11-12H2,1-2H3,(H,22,25)(H,24,26)/b17-3-. The van der Waals surface area contributed by atoms with E-state index >= 15 is 0 Å². The van der Waals surface area contributed by atoms with Gasteiger partial charge in [-0.15, -0.1) is 0 Å². The van der Waals surface area contributed by atoms with Crippen LogP contribution in [0, 0.1) is 10.5 Å². The zero-order valence-corrected chi connectivity index (χ0v) is 17.0. The average molecular weight is 463 g/mol. The van der Waals surface area contributed by atoms with E-state index in [0.717, 1.165) is 26.1 Å². The number of hydrogen-bond donors (Lipinski definition) is 3. The molecule has 3 N–H and O–H groups in total. The number of carbonyl (C=O) groups is 2. The maximum atomic E-state index is 12.0. The van der Waals surface area contributed by atoms with Gasteiger partial charge in [0.15, 0.2) is 0 Å². The first-order valence-electron chi connectivity index (χ1n) is 8.32. The molecule has 2 amide bonds. The van der Waals surface area contributed by atoms with E-state index in [1.807, 2.05) is 68.5 Å². The molecule has 0 heterocycles. The number of carbonyl (C=O) groups excluding carboxylic acids is 2. The van der Waals surface area contributed by atoms with Crippen molar-refractivity contribution in [1.29, 1.82) is 0 Å². The molecule has 5 nitrogen and oxygen atoms in total. The summed E-state index contributed by atoms with van der Waals surface area (Å²) in [4.78, 5) is 24.0. The first-order valence-corrected chi connectivity index (χ1v) is 9.40. The van der Waals surface area contributed by atoms with Crippen LogP contribution in [0.4, 0.5) is 5.69 Å². The van der Waals surface area contributed by atoms with Crippen molar-refractivity contribution >= 4 is 45.8 Å². The third-order valence-electron chi connectivity index (χ3n) is 3.75. The molecule has 0 aromatic heterocycles. The highest BCUT2D eigenvalue weighted by Gasteiger charge is 2.09. The second-order valence-electron chi connectivity index (χ2n) is 5.75. The molecular weight excluding hydrogens is 441 g/mol. The van der Waals surface area contributed by atoms with Crippen LogP contribution in [0.15, 0.2) is 54.6 Å². The third kappa shape index (κ3) is 6.18. The van der Waals surface area contributed by atoms with Crippen molar-refractivity contribution in [1.82, 2.24) is 10.9 Å². The monoisotopic (exact) mass is 463 g/mol. The quantitative estimate of drug-likeness (QED) is 0.430. The second kappa shape index (κ2) is 9.96. The van der Waals surface area contributed by atoms with Gasteiger partial charge in [-0.2, -0.15) is 0 Å². The van der Waals surface area contributed by atoms with Gasteiger partial charge in [0.1, 0.15) is 0 Å². The minimum atomic E-state index is -0.241. The molecule has 0 saturated carbocycles. The van der Waals surface area contributed by atoms with Crippen LogP contribution in [-0.4, -0.2) is 11.8 Å². The first-order chi connectivity index (χ1) is 12.5. The van der Waals surface area contributed by atoms with Gasteiger partial charge in [-0.25, -0.2) is 0 Å². The summed E-state index contributed by atoms with van der Waals surface area (Å²) in [7, 11) is 0. The van der Waals surface area contributed by atoms with Gasteiger partial charge in [0.2, 0.25) is 11.8 Å². The fraction of sp³-hybridized carbons (Fsp3) is 0.200. The lowest BCUT2D eigenvalue weighted by Crippen LogP contribution is -2.36. The van der Waals surface area contributed by atoms with Gasteiger partial charge in [0.05, 0.1) is 5.70 Å². The van der Waals surface area contributed by atoms with E-state index in [1.165, 1.54) is 0 Å². The zero-order chi connectivity index (χ0) is 18.9. The summed E-state index contributed by atoms with van der Waals surface area (Å²) in [6.07, 6.45) is 2.10. The number of amides is 2. The Morgan fingerprint density at radius 1 is 1.00 bits per heavy atom. The van der Waals surface area contributed by atoms with Crippen LogP contribution in [0.2, 0.25) is 0 Å². The van der Waals surface area contributed by atoms with Gasteiger partial charge in [-0.05, 0) is 65.8 Å². The Morgan fingerprint density at radius 2 is 1.69 bits per heavy atom. The predicted molar refractivity (Wildman–Crippen MR) is 113 cm³/mol. The topological polar surface area (TPSA) is 70.2 Å². The maximum Gasteiger partial charge on any atom is 0.238 e. The summed E-state index contributed by atoms with van der Waals surface area (Å²) < 4.78 is 1.11. The minimum Gasteiger partial charge on any atom is -0.326 e. The van der Waals surface area contributed by atoms with E-state index in [4.69, 9.17) is 0 Å². The number of aryl methyl sites for hydroxylation is 1. The van der Waals surface area contributed by atoms with E-state index in [9.17, 15) is 9.59 Å². The summed E-state index contributed by atoms with van der Waals surface area (Å²) in [5, 5.41) is 2.84. The molecule has 136 valence electrons. The highest BCUT2D eigenvalue weighted by molar-refractivity contribution is 14.1. The predicted octanol–water partition coefficient (Wildman–Crippen LogP) is 4.00. The molecule has 0 atom stereocenters. The van der Waals surface area contributed by atoms with Crippen molar-refractivity contribution in [3.8, 4) is 0 Å². The van der Waals surface area contributed by atoms with E-state index in [-0.39, 0.29) is 24.7 Å². The maximum absolute atomic E-state index is 12.0. The molecule has 0 fully saturated rings. The van der Waals surface area contributed by atoms with Crippen LogP contribution in [0.3, 0.4) is 0 Å². The fourth-order valence-corrected chi connectivity index (χ4v) is 2.98. The molecule has 0 unspecified atom stereocenters. The van der Waals surface area contributed by atoms with Gasteiger partial charge in [-0.1, -0.05) is 36.4 Å².